The van der Waals surface area contributed by atoms with Gasteiger partial charge < -0.3 is 9.64 Å². The van der Waals surface area contributed by atoms with Crippen LogP contribution < -0.4 is 9.64 Å². The van der Waals surface area contributed by atoms with Gasteiger partial charge >= 0.3 is 12.4 Å². The Morgan fingerprint density at radius 2 is 1.53 bits per heavy atom. The van der Waals surface area contributed by atoms with Crippen LogP contribution in [0.25, 0.3) is 10.8 Å². The number of ether oxygens (including phenoxy) is 1. The van der Waals surface area contributed by atoms with Crippen molar-refractivity contribution < 1.29 is 31.1 Å². The number of nitrogens with zero attached hydrogens (tertiary/aromatic N) is 3. The summed E-state index contributed by atoms with van der Waals surface area (Å²) in [5.74, 6) is 0.835. The minimum absolute atomic E-state index is 0.150. The van der Waals surface area contributed by atoms with Gasteiger partial charge in [0.15, 0.2) is 0 Å². The van der Waals surface area contributed by atoms with Crippen molar-refractivity contribution in [3.63, 3.8) is 0 Å². The molecule has 4 rings (SSSR count). The molecule has 0 fully saturated rings. The summed E-state index contributed by atoms with van der Waals surface area (Å²) in [6.07, 6.45) is -5.60. The van der Waals surface area contributed by atoms with Crippen molar-refractivity contribution in [2.75, 3.05) is 18.1 Å². The molecule has 1 aromatic heterocycles. The maximum absolute atomic E-state index is 13.7. The van der Waals surface area contributed by atoms with Gasteiger partial charge in [-0.25, -0.2) is 9.97 Å². The second-order valence-corrected chi connectivity index (χ2v) is 8.74. The van der Waals surface area contributed by atoms with Crippen LogP contribution in [0, 0.1) is 0 Å². The first-order valence-corrected chi connectivity index (χ1v) is 12.0. The second-order valence-electron chi connectivity index (χ2n) is 8.74. The largest absolute Gasteiger partial charge is 0.494 e. The molecule has 0 aliphatic heterocycles. The van der Waals surface area contributed by atoms with Crippen molar-refractivity contribution in [1.29, 1.82) is 0 Å². The third kappa shape index (κ3) is 6.73. The smallest absolute Gasteiger partial charge is 0.416 e. The number of aryl methyl sites for hydroxylation is 1. The van der Waals surface area contributed by atoms with Gasteiger partial charge in [-0.05, 0) is 59.0 Å². The number of benzene rings is 3. The van der Waals surface area contributed by atoms with Crippen molar-refractivity contribution in [2.45, 2.75) is 38.7 Å². The summed E-state index contributed by atoms with van der Waals surface area (Å²) in [4.78, 5) is 10.1. The molecule has 10 heteroatoms. The molecule has 4 aromatic rings. The number of halogens is 6. The predicted molar refractivity (Wildman–Crippen MR) is 133 cm³/mol. The average molecular weight is 534 g/mol. The maximum atomic E-state index is 13.7. The summed E-state index contributed by atoms with van der Waals surface area (Å²) < 4.78 is 86.4. The van der Waals surface area contributed by atoms with Crippen LogP contribution in [0.5, 0.6) is 5.75 Å². The molecule has 0 unspecified atom stereocenters. The molecule has 1 heterocycles. The lowest BCUT2D eigenvalue weighted by atomic mass is 10.0. The maximum Gasteiger partial charge on any atom is 0.416 e. The zero-order valence-corrected chi connectivity index (χ0v) is 20.5. The molecule has 0 saturated heterocycles. The Kier molecular flexibility index (Phi) is 8.08. The molecular formula is C28H25F6N3O. The van der Waals surface area contributed by atoms with E-state index in [-0.39, 0.29) is 37.3 Å². The molecule has 0 N–H and O–H groups in total. The number of alkyl halides is 6. The molecule has 0 spiro atoms. The van der Waals surface area contributed by atoms with Crippen LogP contribution in [0.1, 0.15) is 35.6 Å². The van der Waals surface area contributed by atoms with E-state index in [4.69, 9.17) is 4.74 Å². The highest BCUT2D eigenvalue weighted by Crippen LogP contribution is 2.38. The third-order valence-corrected chi connectivity index (χ3v) is 6.05. The summed E-state index contributed by atoms with van der Waals surface area (Å²) in [7, 11) is 0. The minimum atomic E-state index is -4.96. The first-order chi connectivity index (χ1) is 18.0. The van der Waals surface area contributed by atoms with Crippen molar-refractivity contribution in [1.82, 2.24) is 9.97 Å². The molecule has 200 valence electrons. The van der Waals surface area contributed by atoms with Gasteiger partial charge in [-0.15, -0.1) is 0 Å². The van der Waals surface area contributed by atoms with Crippen LogP contribution in [-0.2, 0) is 25.3 Å². The normalized spacial score (nSPS) is 12.1. The fraction of sp³-hybridized carbons (Fsp3) is 0.286. The van der Waals surface area contributed by atoms with Crippen LogP contribution in [0.2, 0.25) is 0 Å². The average Bonchev–Trinajstić information content (AvgIpc) is 2.89. The Morgan fingerprint density at radius 3 is 2.18 bits per heavy atom. The van der Waals surface area contributed by atoms with Gasteiger partial charge in [-0.1, -0.05) is 43.3 Å². The number of hydrogen-bond donors (Lipinski definition) is 0. The third-order valence-electron chi connectivity index (χ3n) is 6.05. The highest BCUT2D eigenvalue weighted by molar-refractivity contribution is 5.83. The highest BCUT2D eigenvalue weighted by atomic mass is 19.4. The monoisotopic (exact) mass is 533 g/mol. The predicted octanol–water partition coefficient (Wildman–Crippen LogP) is 7.71. The highest BCUT2D eigenvalue weighted by Gasteiger charge is 2.38. The van der Waals surface area contributed by atoms with E-state index in [0.717, 1.165) is 22.4 Å². The molecule has 0 atom stereocenters. The summed E-state index contributed by atoms with van der Waals surface area (Å²) >= 11 is 0. The number of aromatic nitrogens is 2. The summed E-state index contributed by atoms with van der Waals surface area (Å²) in [5.41, 5.74) is -2.15. The van der Waals surface area contributed by atoms with Crippen molar-refractivity contribution in [3.05, 3.63) is 95.3 Å². The summed E-state index contributed by atoms with van der Waals surface area (Å²) in [6, 6.07) is 15.2. The number of rotatable bonds is 9. The van der Waals surface area contributed by atoms with Crippen LogP contribution in [0.3, 0.4) is 0 Å². The first-order valence-electron chi connectivity index (χ1n) is 12.0. The Morgan fingerprint density at radius 1 is 0.816 bits per heavy atom. The zero-order valence-electron chi connectivity index (χ0n) is 20.5. The van der Waals surface area contributed by atoms with Gasteiger partial charge in [-0.2, -0.15) is 26.3 Å². The van der Waals surface area contributed by atoms with E-state index in [1.165, 1.54) is 4.90 Å². The summed E-state index contributed by atoms with van der Waals surface area (Å²) in [6.45, 7) is 2.07. The zero-order chi connectivity index (χ0) is 27.3. The minimum Gasteiger partial charge on any atom is -0.494 e. The molecule has 4 nitrogen and oxygen atoms in total. The van der Waals surface area contributed by atoms with Gasteiger partial charge in [0.05, 0.1) is 17.7 Å². The second kappa shape index (κ2) is 11.3. The Labute approximate surface area is 215 Å². The van der Waals surface area contributed by atoms with E-state index in [0.29, 0.717) is 24.7 Å². The number of hydrogen-bond acceptors (Lipinski definition) is 4. The first kappa shape index (κ1) is 27.2. The van der Waals surface area contributed by atoms with E-state index in [2.05, 4.69) is 9.97 Å². The van der Waals surface area contributed by atoms with Gasteiger partial charge in [0.1, 0.15) is 5.75 Å². The van der Waals surface area contributed by atoms with E-state index in [9.17, 15) is 26.3 Å². The lowest BCUT2D eigenvalue weighted by molar-refractivity contribution is -0.143. The SMILES string of the molecule is CCc1cnc(N(CCCOc2ccc3ccccc3c2)Cc2ccc(C(F)(F)F)cc2C(F)(F)F)nc1. The number of fused-ring (bicyclic) bond motifs is 1. The molecule has 3 aromatic carbocycles. The molecule has 0 bridgehead atoms. The lowest BCUT2D eigenvalue weighted by Crippen LogP contribution is -2.28. The summed E-state index contributed by atoms with van der Waals surface area (Å²) in [5, 5.41) is 2.08. The Balaban J connectivity index is 1.53. The lowest BCUT2D eigenvalue weighted by Gasteiger charge is -2.25. The van der Waals surface area contributed by atoms with E-state index in [1.54, 1.807) is 12.4 Å². The molecular weight excluding hydrogens is 508 g/mol. The Hall–Kier alpha value is -3.82. The molecule has 0 amide bonds. The quantitative estimate of drug-likeness (QED) is 0.163. The van der Waals surface area contributed by atoms with Crippen LogP contribution in [-0.4, -0.2) is 23.1 Å². The molecule has 0 aliphatic rings. The van der Waals surface area contributed by atoms with Crippen LogP contribution in [0.15, 0.2) is 73.1 Å². The van der Waals surface area contributed by atoms with E-state index in [1.807, 2.05) is 49.4 Å². The van der Waals surface area contributed by atoms with Gasteiger partial charge in [0, 0.05) is 25.5 Å². The standard InChI is InChI=1S/C28H25F6N3O/c1-2-19-16-35-26(36-17-19)37(12-5-13-38-24-11-9-20-6-3-4-7-21(20)14-24)18-22-8-10-23(27(29,30)31)15-25(22)28(32,33)34/h3-4,6-11,14-17H,2,5,12-13,18H2,1H3. The molecule has 0 saturated carbocycles. The van der Waals surface area contributed by atoms with E-state index < -0.39 is 23.5 Å². The molecule has 38 heavy (non-hydrogen) atoms. The van der Waals surface area contributed by atoms with Gasteiger partial charge in [0.2, 0.25) is 5.95 Å². The fourth-order valence-electron chi connectivity index (χ4n) is 4.01. The van der Waals surface area contributed by atoms with Crippen molar-refractivity contribution in [3.8, 4) is 5.75 Å². The van der Waals surface area contributed by atoms with Crippen LogP contribution in [0.4, 0.5) is 32.3 Å². The molecule has 0 radical (unpaired) electrons. The molecule has 0 aliphatic carbocycles. The van der Waals surface area contributed by atoms with Gasteiger partial charge in [0.25, 0.3) is 0 Å². The fourth-order valence-corrected chi connectivity index (χ4v) is 4.01. The van der Waals surface area contributed by atoms with E-state index >= 15 is 0 Å². The van der Waals surface area contributed by atoms with Crippen LogP contribution >= 0.6 is 0 Å². The van der Waals surface area contributed by atoms with Crippen molar-refractivity contribution >= 4 is 16.7 Å². The van der Waals surface area contributed by atoms with Gasteiger partial charge in [-0.3, -0.25) is 0 Å². The number of anilines is 1. The van der Waals surface area contributed by atoms with Crippen molar-refractivity contribution in [2.24, 2.45) is 0 Å². The topological polar surface area (TPSA) is 38.2 Å². The Bertz CT molecular complexity index is 1370.